The summed E-state index contributed by atoms with van der Waals surface area (Å²) in [6, 6.07) is 6.38. The number of furan rings is 1. The molecule has 1 aliphatic heterocycles. The van der Waals surface area contributed by atoms with Crippen molar-refractivity contribution in [3.63, 3.8) is 0 Å². The number of hydrogen-bond donors (Lipinski definition) is 2. The van der Waals surface area contributed by atoms with Crippen LogP contribution in [0, 0.1) is 0 Å². The molecular formula is C20H23N5O4. The average Bonchev–Trinajstić information content (AvgIpc) is 3.16. The molecule has 1 aromatic carbocycles. The zero-order valence-corrected chi connectivity index (χ0v) is 16.3. The van der Waals surface area contributed by atoms with Crippen LogP contribution in [0.4, 0.5) is 11.8 Å². The lowest BCUT2D eigenvalue weighted by molar-refractivity contribution is 0.0931. The average molecular weight is 397 g/mol. The van der Waals surface area contributed by atoms with E-state index in [2.05, 4.69) is 15.3 Å². The van der Waals surface area contributed by atoms with Crippen molar-refractivity contribution < 1.29 is 18.7 Å². The predicted molar refractivity (Wildman–Crippen MR) is 109 cm³/mol. The van der Waals surface area contributed by atoms with E-state index >= 15 is 0 Å². The summed E-state index contributed by atoms with van der Waals surface area (Å²) in [5.74, 6) is 1.99. The Hall–Kier alpha value is -3.33. The van der Waals surface area contributed by atoms with E-state index < -0.39 is 6.04 Å². The van der Waals surface area contributed by atoms with Crippen LogP contribution in [0.1, 0.15) is 17.0 Å². The number of anilines is 2. The maximum Gasteiger partial charge on any atom is 0.228 e. The minimum absolute atomic E-state index is 0.126. The maximum atomic E-state index is 13.0. The number of benzene rings is 1. The van der Waals surface area contributed by atoms with Crippen molar-refractivity contribution in [3.05, 3.63) is 36.3 Å². The highest BCUT2D eigenvalue weighted by Gasteiger charge is 2.32. The molecular weight excluding hydrogens is 374 g/mol. The van der Waals surface area contributed by atoms with Crippen molar-refractivity contribution in [1.29, 1.82) is 0 Å². The molecule has 9 heteroatoms. The SMILES string of the molecule is COc1cc2nc(N3CCCNCC3C(=O)c3ccco3)nc(N)c2cc1OC. The van der Waals surface area contributed by atoms with E-state index in [1.807, 2.05) is 4.90 Å². The van der Waals surface area contributed by atoms with Crippen LogP contribution in [-0.2, 0) is 0 Å². The molecule has 0 spiro atoms. The number of carbonyl (C=O) groups is 1. The zero-order valence-electron chi connectivity index (χ0n) is 16.3. The first-order valence-electron chi connectivity index (χ1n) is 9.36. The van der Waals surface area contributed by atoms with Gasteiger partial charge in [-0.1, -0.05) is 0 Å². The number of fused-ring (bicyclic) bond motifs is 1. The third kappa shape index (κ3) is 3.56. The molecule has 1 unspecified atom stereocenters. The largest absolute Gasteiger partial charge is 0.493 e. The standard InChI is InChI=1S/C20H23N5O4/c1-27-16-9-12-13(10-17(16)28-2)23-20(24-19(12)21)25-7-4-6-22-11-14(25)18(26)15-5-3-8-29-15/h3,5,8-10,14,22H,4,6-7,11H2,1-2H3,(H2,21,23,24). The number of rotatable bonds is 5. The van der Waals surface area contributed by atoms with Crippen molar-refractivity contribution in [2.24, 2.45) is 0 Å². The fourth-order valence-electron chi connectivity index (χ4n) is 3.53. The lowest BCUT2D eigenvalue weighted by atomic mass is 10.1. The molecule has 1 atom stereocenters. The number of aromatic nitrogens is 2. The molecule has 2 aromatic heterocycles. The molecule has 0 radical (unpaired) electrons. The van der Waals surface area contributed by atoms with E-state index in [1.165, 1.54) is 6.26 Å². The third-order valence-electron chi connectivity index (χ3n) is 5.01. The molecule has 0 saturated carbocycles. The van der Waals surface area contributed by atoms with E-state index in [4.69, 9.17) is 19.6 Å². The second-order valence-corrected chi connectivity index (χ2v) is 6.74. The first-order chi connectivity index (χ1) is 14.1. The molecule has 4 rings (SSSR count). The Morgan fingerprint density at radius 1 is 1.28 bits per heavy atom. The van der Waals surface area contributed by atoms with Gasteiger partial charge in [0, 0.05) is 24.5 Å². The number of carbonyl (C=O) groups excluding carboxylic acids is 1. The Labute approximate surface area is 167 Å². The summed E-state index contributed by atoms with van der Waals surface area (Å²) in [6.45, 7) is 1.88. The van der Waals surface area contributed by atoms with E-state index in [9.17, 15) is 4.79 Å². The Bertz CT molecular complexity index is 1020. The molecule has 1 aliphatic rings. The Morgan fingerprint density at radius 2 is 2.07 bits per heavy atom. The van der Waals surface area contributed by atoms with Gasteiger partial charge < -0.3 is 29.8 Å². The van der Waals surface area contributed by atoms with Crippen molar-refractivity contribution in [3.8, 4) is 11.5 Å². The Morgan fingerprint density at radius 3 is 2.79 bits per heavy atom. The highest BCUT2D eigenvalue weighted by Crippen LogP contribution is 2.34. The number of ketones is 1. The van der Waals surface area contributed by atoms with Gasteiger partial charge in [0.1, 0.15) is 11.9 Å². The molecule has 3 aromatic rings. The van der Waals surface area contributed by atoms with Crippen LogP contribution in [0.15, 0.2) is 34.9 Å². The minimum Gasteiger partial charge on any atom is -0.493 e. The first-order valence-corrected chi connectivity index (χ1v) is 9.36. The smallest absolute Gasteiger partial charge is 0.228 e. The lowest BCUT2D eigenvalue weighted by Gasteiger charge is -2.28. The normalized spacial score (nSPS) is 17.2. The molecule has 0 amide bonds. The van der Waals surface area contributed by atoms with Gasteiger partial charge in [0.15, 0.2) is 17.3 Å². The first kappa shape index (κ1) is 19.0. The summed E-state index contributed by atoms with van der Waals surface area (Å²) in [6.07, 6.45) is 2.33. The maximum absolute atomic E-state index is 13.0. The second kappa shape index (κ2) is 7.96. The molecule has 29 heavy (non-hydrogen) atoms. The van der Waals surface area contributed by atoms with E-state index in [0.717, 1.165) is 13.0 Å². The van der Waals surface area contributed by atoms with Crippen LogP contribution in [0.25, 0.3) is 10.9 Å². The molecule has 9 nitrogen and oxygen atoms in total. The molecule has 3 N–H and O–H groups in total. The number of ether oxygens (including phenoxy) is 2. The van der Waals surface area contributed by atoms with Gasteiger partial charge in [-0.05, 0) is 31.2 Å². The Balaban J connectivity index is 1.78. The second-order valence-electron chi connectivity index (χ2n) is 6.74. The van der Waals surface area contributed by atoms with Crippen LogP contribution in [0.3, 0.4) is 0 Å². The number of hydrogen-bond acceptors (Lipinski definition) is 9. The van der Waals surface area contributed by atoms with E-state index in [1.54, 1.807) is 38.5 Å². The van der Waals surface area contributed by atoms with E-state index in [-0.39, 0.29) is 5.78 Å². The fourth-order valence-corrected chi connectivity index (χ4v) is 3.53. The summed E-state index contributed by atoms with van der Waals surface area (Å²) in [4.78, 5) is 24.1. The van der Waals surface area contributed by atoms with Crippen molar-refractivity contribution in [1.82, 2.24) is 15.3 Å². The highest BCUT2D eigenvalue weighted by atomic mass is 16.5. The minimum atomic E-state index is -0.499. The van der Waals surface area contributed by atoms with Crippen molar-refractivity contribution >= 4 is 28.5 Å². The lowest BCUT2D eigenvalue weighted by Crippen LogP contribution is -2.46. The van der Waals surface area contributed by atoms with Crippen LogP contribution in [0.2, 0.25) is 0 Å². The topological polar surface area (TPSA) is 116 Å². The summed E-state index contributed by atoms with van der Waals surface area (Å²) >= 11 is 0. The summed E-state index contributed by atoms with van der Waals surface area (Å²) < 4.78 is 16.0. The number of methoxy groups -OCH3 is 2. The third-order valence-corrected chi connectivity index (χ3v) is 5.01. The van der Waals surface area contributed by atoms with Gasteiger partial charge in [0.25, 0.3) is 0 Å². The van der Waals surface area contributed by atoms with Gasteiger partial charge in [0.05, 0.1) is 26.0 Å². The van der Waals surface area contributed by atoms with Crippen LogP contribution < -0.4 is 25.4 Å². The van der Waals surface area contributed by atoms with Crippen LogP contribution >= 0.6 is 0 Å². The van der Waals surface area contributed by atoms with Crippen LogP contribution in [0.5, 0.6) is 11.5 Å². The number of Topliss-reactive ketones (excluding diaryl/α,β-unsaturated/α-hetero) is 1. The van der Waals surface area contributed by atoms with Gasteiger partial charge in [-0.3, -0.25) is 4.79 Å². The Kier molecular flexibility index (Phi) is 5.22. The number of nitrogen functional groups attached to an aromatic ring is 1. The number of nitrogens with zero attached hydrogens (tertiary/aromatic N) is 3. The summed E-state index contributed by atoms with van der Waals surface area (Å²) in [5.41, 5.74) is 6.86. The zero-order chi connectivity index (χ0) is 20.4. The molecule has 152 valence electrons. The monoisotopic (exact) mass is 397 g/mol. The van der Waals surface area contributed by atoms with Crippen molar-refractivity contribution in [2.45, 2.75) is 12.5 Å². The number of nitrogens with two attached hydrogens (primary N) is 1. The predicted octanol–water partition coefficient (Wildman–Crippen LogP) is 1.87. The highest BCUT2D eigenvalue weighted by molar-refractivity contribution is 6.00. The van der Waals surface area contributed by atoms with Gasteiger partial charge in [-0.2, -0.15) is 4.98 Å². The molecule has 1 saturated heterocycles. The fraction of sp³-hybridized carbons (Fsp3) is 0.350. The molecule has 0 aliphatic carbocycles. The molecule has 3 heterocycles. The summed E-state index contributed by atoms with van der Waals surface area (Å²) in [5, 5.41) is 3.96. The van der Waals surface area contributed by atoms with E-state index in [0.29, 0.717) is 53.0 Å². The van der Waals surface area contributed by atoms with Crippen molar-refractivity contribution in [2.75, 3.05) is 44.5 Å². The molecule has 0 bridgehead atoms. The quantitative estimate of drug-likeness (QED) is 0.622. The van der Waals surface area contributed by atoms with Gasteiger partial charge in [-0.25, -0.2) is 4.98 Å². The van der Waals surface area contributed by atoms with Crippen LogP contribution in [-0.4, -0.2) is 55.6 Å². The van der Waals surface area contributed by atoms with Gasteiger partial charge >= 0.3 is 0 Å². The van der Waals surface area contributed by atoms with Gasteiger partial charge in [0.2, 0.25) is 11.7 Å². The van der Waals surface area contributed by atoms with Gasteiger partial charge in [-0.15, -0.1) is 0 Å². The number of nitrogens with one attached hydrogen (secondary N) is 1. The summed E-state index contributed by atoms with van der Waals surface area (Å²) in [7, 11) is 3.12. The molecule has 1 fully saturated rings.